The van der Waals surface area contributed by atoms with Crippen molar-refractivity contribution in [2.45, 2.75) is 32.3 Å². The van der Waals surface area contributed by atoms with E-state index in [0.29, 0.717) is 6.61 Å². The van der Waals surface area contributed by atoms with E-state index in [4.69, 9.17) is 4.74 Å². The van der Waals surface area contributed by atoms with E-state index in [9.17, 15) is 5.11 Å². The molecule has 0 saturated heterocycles. The largest absolute Gasteiger partial charge is 0.492 e. The van der Waals surface area contributed by atoms with Crippen LogP contribution in [0.3, 0.4) is 0 Å². The second-order valence-electron chi connectivity index (χ2n) is 6.39. The molecule has 0 spiro atoms. The van der Waals surface area contributed by atoms with Crippen molar-refractivity contribution in [3.63, 3.8) is 0 Å². The van der Waals surface area contributed by atoms with Gasteiger partial charge in [-0.05, 0) is 47.9 Å². The molecule has 0 saturated carbocycles. The molecule has 1 atom stereocenters. The number of aliphatic hydroxyl groups is 1. The van der Waals surface area contributed by atoms with Gasteiger partial charge in [0.1, 0.15) is 11.9 Å². The number of hydrogen-bond donors (Lipinski definition) is 1. The fraction of sp³-hybridized carbons (Fsp3) is 0.333. The summed E-state index contributed by atoms with van der Waals surface area (Å²) in [7, 11) is 0. The summed E-state index contributed by atoms with van der Waals surface area (Å²) < 4.78 is 6.69. The zero-order valence-electron chi connectivity index (χ0n) is 12.5. The minimum atomic E-state index is -0.622. The number of hydrogen-bond acceptors (Lipinski definition) is 2. The van der Waals surface area contributed by atoms with Gasteiger partial charge in [-0.25, -0.2) is 0 Å². The molecule has 1 aliphatic heterocycles. The summed E-state index contributed by atoms with van der Waals surface area (Å²) in [5.41, 5.74) is 4.11. The van der Waals surface area contributed by atoms with Gasteiger partial charge in [0.2, 0.25) is 0 Å². The summed E-state index contributed by atoms with van der Waals surface area (Å²) in [5, 5.41) is 10.7. The highest BCUT2D eigenvalue weighted by Gasteiger charge is 2.32. The molecule has 0 aliphatic carbocycles. The second-order valence-corrected chi connectivity index (χ2v) is 7.31. The van der Waals surface area contributed by atoms with Crippen molar-refractivity contribution in [1.82, 2.24) is 0 Å². The number of benzene rings is 2. The van der Waals surface area contributed by atoms with Crippen molar-refractivity contribution < 1.29 is 9.84 Å². The molecule has 0 bridgehead atoms. The molecule has 0 amide bonds. The molecule has 0 radical (unpaired) electrons. The monoisotopic (exact) mass is 346 g/mol. The lowest BCUT2D eigenvalue weighted by molar-refractivity contribution is 0.220. The number of ether oxygens (including phenoxy) is 1. The lowest BCUT2D eigenvalue weighted by atomic mass is 9.85. The zero-order valence-corrected chi connectivity index (χ0v) is 14.1. The molecular weight excluding hydrogens is 328 g/mol. The minimum Gasteiger partial charge on any atom is -0.492 e. The molecule has 3 rings (SSSR count). The summed E-state index contributed by atoms with van der Waals surface area (Å²) in [6.07, 6.45) is -0.622. The Bertz CT molecular complexity index is 671. The number of aliphatic hydroxyl groups excluding tert-OH is 1. The van der Waals surface area contributed by atoms with Crippen molar-refractivity contribution in [3.8, 4) is 5.75 Å². The van der Waals surface area contributed by atoms with Crippen LogP contribution in [-0.2, 0) is 5.41 Å². The van der Waals surface area contributed by atoms with E-state index in [0.717, 1.165) is 26.9 Å². The first kappa shape index (κ1) is 14.6. The molecule has 0 aromatic heterocycles. The van der Waals surface area contributed by atoms with E-state index < -0.39 is 6.10 Å². The van der Waals surface area contributed by atoms with E-state index in [2.05, 4.69) is 35.8 Å². The second kappa shape index (κ2) is 5.15. The van der Waals surface area contributed by atoms with Crippen LogP contribution < -0.4 is 4.74 Å². The minimum absolute atomic E-state index is 0.00173. The predicted octanol–water partition coefficient (Wildman–Crippen LogP) is 4.51. The Labute approximate surface area is 133 Å². The average Bonchev–Trinajstić information content (AvgIpc) is 2.72. The molecule has 1 aliphatic rings. The maximum Gasteiger partial charge on any atom is 0.123 e. The highest BCUT2D eigenvalue weighted by atomic mass is 79.9. The van der Waals surface area contributed by atoms with Crippen molar-refractivity contribution in [1.29, 1.82) is 0 Å². The molecule has 0 fully saturated rings. The standard InChI is InChI=1S/C18H19BrO2/c1-11-6-13(8-14(19)7-11)17(20)12-4-5-16-15(9-12)18(2,3)10-21-16/h4-9,17,20H,10H2,1-3H3. The molecule has 2 aromatic rings. The van der Waals surface area contributed by atoms with Gasteiger partial charge in [0.25, 0.3) is 0 Å². The number of aryl methyl sites for hydroxylation is 1. The number of rotatable bonds is 2. The van der Waals surface area contributed by atoms with E-state index in [1.165, 1.54) is 5.56 Å². The third-order valence-electron chi connectivity index (χ3n) is 4.02. The van der Waals surface area contributed by atoms with E-state index >= 15 is 0 Å². The van der Waals surface area contributed by atoms with Crippen LogP contribution in [0.25, 0.3) is 0 Å². The van der Waals surface area contributed by atoms with Crippen molar-refractivity contribution >= 4 is 15.9 Å². The van der Waals surface area contributed by atoms with Crippen LogP contribution in [0.4, 0.5) is 0 Å². The Hall–Kier alpha value is -1.32. The van der Waals surface area contributed by atoms with Crippen molar-refractivity contribution in [2.24, 2.45) is 0 Å². The Balaban J connectivity index is 2.01. The van der Waals surface area contributed by atoms with Gasteiger partial charge in [-0.15, -0.1) is 0 Å². The van der Waals surface area contributed by atoms with Crippen LogP contribution in [0, 0.1) is 6.92 Å². The van der Waals surface area contributed by atoms with Gasteiger partial charge in [0.05, 0.1) is 6.61 Å². The molecule has 21 heavy (non-hydrogen) atoms. The first-order valence-corrected chi connectivity index (χ1v) is 7.88. The molecule has 110 valence electrons. The fourth-order valence-electron chi connectivity index (χ4n) is 2.82. The molecule has 3 heteroatoms. The highest BCUT2D eigenvalue weighted by molar-refractivity contribution is 9.10. The van der Waals surface area contributed by atoms with Crippen molar-refractivity contribution in [2.75, 3.05) is 6.61 Å². The van der Waals surface area contributed by atoms with Crippen LogP contribution >= 0.6 is 15.9 Å². The van der Waals surface area contributed by atoms with E-state index in [-0.39, 0.29) is 5.41 Å². The molecule has 2 aromatic carbocycles. The van der Waals surface area contributed by atoms with E-state index in [1.807, 2.05) is 37.3 Å². The molecular formula is C18H19BrO2. The fourth-order valence-corrected chi connectivity index (χ4v) is 3.45. The Morgan fingerprint density at radius 2 is 1.90 bits per heavy atom. The number of halogens is 1. The van der Waals surface area contributed by atoms with E-state index in [1.54, 1.807) is 0 Å². The highest BCUT2D eigenvalue weighted by Crippen LogP contribution is 2.40. The quantitative estimate of drug-likeness (QED) is 0.866. The Kier molecular flexibility index (Phi) is 3.58. The molecule has 1 heterocycles. The third-order valence-corrected chi connectivity index (χ3v) is 4.48. The summed E-state index contributed by atoms with van der Waals surface area (Å²) in [5.74, 6) is 0.932. The topological polar surface area (TPSA) is 29.5 Å². The van der Waals surface area contributed by atoms with Crippen LogP contribution in [-0.4, -0.2) is 11.7 Å². The summed E-state index contributed by atoms with van der Waals surface area (Å²) >= 11 is 3.49. The Morgan fingerprint density at radius 1 is 1.14 bits per heavy atom. The molecule has 1 unspecified atom stereocenters. The van der Waals surface area contributed by atoms with Gasteiger partial charge in [-0.3, -0.25) is 0 Å². The Morgan fingerprint density at radius 3 is 2.62 bits per heavy atom. The van der Waals surface area contributed by atoms with Crippen LogP contribution in [0.2, 0.25) is 0 Å². The summed E-state index contributed by atoms with van der Waals surface area (Å²) in [4.78, 5) is 0. The van der Waals surface area contributed by atoms with Crippen LogP contribution in [0.15, 0.2) is 40.9 Å². The third kappa shape index (κ3) is 2.72. The SMILES string of the molecule is Cc1cc(Br)cc(C(O)c2ccc3c(c2)C(C)(C)CO3)c1. The average molecular weight is 347 g/mol. The van der Waals surface area contributed by atoms with Gasteiger partial charge < -0.3 is 9.84 Å². The van der Waals surface area contributed by atoms with Gasteiger partial charge in [0, 0.05) is 15.5 Å². The summed E-state index contributed by atoms with van der Waals surface area (Å²) in [6.45, 7) is 7.05. The first-order valence-electron chi connectivity index (χ1n) is 7.09. The first-order chi connectivity index (χ1) is 9.87. The van der Waals surface area contributed by atoms with Crippen LogP contribution in [0.1, 0.15) is 42.2 Å². The van der Waals surface area contributed by atoms with Gasteiger partial charge in [-0.2, -0.15) is 0 Å². The maximum atomic E-state index is 10.7. The lowest BCUT2D eigenvalue weighted by Crippen LogP contribution is -2.18. The van der Waals surface area contributed by atoms with Gasteiger partial charge in [0.15, 0.2) is 0 Å². The van der Waals surface area contributed by atoms with Crippen molar-refractivity contribution in [3.05, 3.63) is 63.1 Å². The van der Waals surface area contributed by atoms with Crippen LogP contribution in [0.5, 0.6) is 5.75 Å². The van der Waals surface area contributed by atoms with Gasteiger partial charge in [-0.1, -0.05) is 41.9 Å². The maximum absolute atomic E-state index is 10.7. The van der Waals surface area contributed by atoms with Gasteiger partial charge >= 0.3 is 0 Å². The normalized spacial score (nSPS) is 17.2. The molecule has 2 nitrogen and oxygen atoms in total. The smallest absolute Gasteiger partial charge is 0.123 e. The summed E-state index contributed by atoms with van der Waals surface area (Å²) in [6, 6.07) is 12.0. The number of fused-ring (bicyclic) bond motifs is 1. The molecule has 1 N–H and O–H groups in total. The lowest BCUT2D eigenvalue weighted by Gasteiger charge is -2.18. The predicted molar refractivity (Wildman–Crippen MR) is 87.9 cm³/mol. The zero-order chi connectivity index (χ0) is 15.2.